The van der Waals surface area contributed by atoms with Gasteiger partial charge in [-0.05, 0) is 23.6 Å². The van der Waals surface area contributed by atoms with Gasteiger partial charge in [0.25, 0.3) is 0 Å². The molecule has 2 radical (unpaired) electrons. The fraction of sp³-hybridized carbons (Fsp3) is 0.222. The summed E-state index contributed by atoms with van der Waals surface area (Å²) < 4.78 is 4.98. The first-order valence-electron chi connectivity index (χ1n) is 7.32. The first-order chi connectivity index (χ1) is 11.2. The second kappa shape index (κ2) is 19.1. The number of ether oxygens (including phenoxy) is 1. The Balaban J connectivity index is -0.000000576. The summed E-state index contributed by atoms with van der Waals surface area (Å²) in [5.41, 5.74) is 1.09. The van der Waals surface area contributed by atoms with Crippen LogP contribution < -0.4 is 39.8 Å². The van der Waals surface area contributed by atoms with E-state index in [-0.39, 0.29) is 75.9 Å². The summed E-state index contributed by atoms with van der Waals surface area (Å²) in [6, 6.07) is 11.9. The Kier molecular flexibility index (Phi) is 23.4. The van der Waals surface area contributed by atoms with Crippen molar-refractivity contribution in [3.8, 4) is 17.2 Å². The quantitative estimate of drug-likeness (QED) is 0.208. The van der Waals surface area contributed by atoms with Gasteiger partial charge in [-0.1, -0.05) is 42.1 Å². The molecule has 2 aromatic rings. The molecule has 10 heteroatoms. The van der Waals surface area contributed by atoms with Crippen LogP contribution in [0.4, 0.5) is 0 Å². The minimum absolute atomic E-state index is 0. The molecule has 0 atom stereocenters. The SMILES string of the molecule is COc1cccc(C=NCCCN=Cc2ccccc2[O-])c1[O-].O.[Cl-].[Cl-].[Cu+2].[Mn+2]. The number of nitrogens with zero attached hydrogens (tertiary/aromatic N) is 2. The maximum Gasteiger partial charge on any atom is 2.00 e. The van der Waals surface area contributed by atoms with Crippen LogP contribution in [0.25, 0.3) is 0 Å². The number of benzene rings is 2. The molecule has 2 aromatic carbocycles. The van der Waals surface area contributed by atoms with Gasteiger partial charge < -0.3 is 45.2 Å². The van der Waals surface area contributed by atoms with Crippen molar-refractivity contribution in [2.24, 2.45) is 9.98 Å². The van der Waals surface area contributed by atoms with Crippen LogP contribution in [0.2, 0.25) is 0 Å². The molecule has 0 amide bonds. The third-order valence-corrected chi connectivity index (χ3v) is 3.18. The standard InChI is InChI=1S/C18H20N2O3.2ClH.Cu.Mn.H2O/c1-23-17-9-4-7-15(18(17)22)13-20-11-5-10-19-12-14-6-2-3-8-16(14)21;;;;;/h2-4,6-9,12-13,21-22H,5,10-11H2,1H3;2*1H;;;1H2/q;;;2*+2;/p-4. The zero-order valence-corrected chi connectivity index (χ0v) is 18.5. The van der Waals surface area contributed by atoms with Gasteiger partial charge in [-0.25, -0.2) is 0 Å². The van der Waals surface area contributed by atoms with Crippen molar-refractivity contribution in [2.45, 2.75) is 6.42 Å². The Morgan fingerprint density at radius 3 is 2.00 bits per heavy atom. The average molecular weight is 518 g/mol. The van der Waals surface area contributed by atoms with E-state index in [0.29, 0.717) is 30.0 Å². The van der Waals surface area contributed by atoms with Crippen LogP contribution >= 0.6 is 0 Å². The molecular weight excluding hydrogens is 498 g/mol. The predicted molar refractivity (Wildman–Crippen MR) is 91.5 cm³/mol. The molecule has 28 heavy (non-hydrogen) atoms. The molecular formula is C18H20Cl2CuMnN2O4. The molecule has 0 fully saturated rings. The maximum absolute atomic E-state index is 11.9. The monoisotopic (exact) mass is 516 g/mol. The molecule has 0 heterocycles. The van der Waals surface area contributed by atoms with Gasteiger partial charge in [-0.3, -0.25) is 9.98 Å². The Bertz CT molecular complexity index is 722. The maximum atomic E-state index is 11.9. The van der Waals surface area contributed by atoms with E-state index in [0.717, 1.165) is 6.42 Å². The van der Waals surface area contributed by atoms with E-state index in [2.05, 4.69) is 9.98 Å². The molecule has 0 aromatic heterocycles. The van der Waals surface area contributed by atoms with E-state index in [1.807, 2.05) is 6.07 Å². The van der Waals surface area contributed by atoms with Gasteiger partial charge in [0.1, 0.15) is 5.75 Å². The topological polar surface area (TPSA) is 112 Å². The van der Waals surface area contributed by atoms with Gasteiger partial charge >= 0.3 is 34.1 Å². The molecule has 2 rings (SSSR count). The van der Waals surface area contributed by atoms with Crippen LogP contribution in [0.3, 0.4) is 0 Å². The first kappa shape index (κ1) is 34.3. The van der Waals surface area contributed by atoms with Crippen molar-refractivity contribution < 1.29 is 79.4 Å². The van der Waals surface area contributed by atoms with Crippen LogP contribution in [0.15, 0.2) is 52.4 Å². The van der Waals surface area contributed by atoms with E-state index in [4.69, 9.17) is 4.74 Å². The van der Waals surface area contributed by atoms with Crippen molar-refractivity contribution in [1.82, 2.24) is 0 Å². The number of aliphatic imine (C=N–C) groups is 2. The minimum atomic E-state index is -0.163. The number of methoxy groups -OCH3 is 1. The molecule has 0 unspecified atom stereocenters. The van der Waals surface area contributed by atoms with E-state index in [9.17, 15) is 10.2 Å². The van der Waals surface area contributed by atoms with Crippen LogP contribution in [0.5, 0.6) is 17.2 Å². The fourth-order valence-electron chi connectivity index (χ4n) is 1.96. The zero-order valence-electron chi connectivity index (χ0n) is 14.9. The molecule has 0 aliphatic carbocycles. The minimum Gasteiger partial charge on any atom is -1.00 e. The summed E-state index contributed by atoms with van der Waals surface area (Å²) >= 11 is 0. The van der Waals surface area contributed by atoms with Crippen molar-refractivity contribution in [2.75, 3.05) is 20.2 Å². The van der Waals surface area contributed by atoms with E-state index in [1.54, 1.807) is 42.8 Å². The van der Waals surface area contributed by atoms with Crippen LogP contribution in [0.1, 0.15) is 17.5 Å². The summed E-state index contributed by atoms with van der Waals surface area (Å²) in [5, 5.41) is 23.4. The Morgan fingerprint density at radius 2 is 1.43 bits per heavy atom. The van der Waals surface area contributed by atoms with Crippen molar-refractivity contribution in [1.29, 1.82) is 0 Å². The Morgan fingerprint density at radius 1 is 0.893 bits per heavy atom. The number of halogens is 2. The van der Waals surface area contributed by atoms with Gasteiger partial charge in [0.2, 0.25) is 0 Å². The molecule has 2 N–H and O–H groups in total. The number of para-hydroxylation sites is 2. The van der Waals surface area contributed by atoms with Crippen molar-refractivity contribution in [3.63, 3.8) is 0 Å². The molecule has 0 aliphatic heterocycles. The van der Waals surface area contributed by atoms with E-state index < -0.39 is 0 Å². The predicted octanol–water partition coefficient (Wildman–Crippen LogP) is -5.05. The second-order valence-electron chi connectivity index (χ2n) is 4.84. The Hall–Kier alpha value is -1.24. The Labute approximate surface area is 198 Å². The summed E-state index contributed by atoms with van der Waals surface area (Å²) in [6.45, 7) is 1.14. The largest absolute Gasteiger partial charge is 2.00 e. The first-order valence-corrected chi connectivity index (χ1v) is 7.32. The number of rotatable bonds is 7. The summed E-state index contributed by atoms with van der Waals surface area (Å²) in [5.74, 6) is 0.119. The molecule has 0 saturated heterocycles. The summed E-state index contributed by atoms with van der Waals surface area (Å²) in [4.78, 5) is 8.44. The van der Waals surface area contributed by atoms with E-state index >= 15 is 0 Å². The molecule has 6 nitrogen and oxygen atoms in total. The zero-order chi connectivity index (χ0) is 16.5. The summed E-state index contributed by atoms with van der Waals surface area (Å²) in [7, 11) is 1.47. The molecule has 0 spiro atoms. The van der Waals surface area contributed by atoms with Gasteiger partial charge in [0.05, 0.1) is 7.11 Å². The number of hydrogen-bond acceptors (Lipinski definition) is 5. The van der Waals surface area contributed by atoms with Gasteiger partial charge in [0.15, 0.2) is 0 Å². The van der Waals surface area contributed by atoms with Crippen molar-refractivity contribution >= 4 is 12.4 Å². The number of hydrogen-bond donors (Lipinski definition) is 0. The van der Waals surface area contributed by atoms with Crippen LogP contribution in [0, 0.1) is 0 Å². The fourth-order valence-corrected chi connectivity index (χ4v) is 1.96. The van der Waals surface area contributed by atoms with Crippen LogP contribution in [-0.2, 0) is 34.1 Å². The third-order valence-electron chi connectivity index (χ3n) is 3.18. The van der Waals surface area contributed by atoms with Crippen LogP contribution in [-0.4, -0.2) is 38.1 Å². The second-order valence-corrected chi connectivity index (χ2v) is 4.84. The third kappa shape index (κ3) is 10.9. The normalized spacial score (nSPS) is 9.32. The van der Waals surface area contributed by atoms with Crippen molar-refractivity contribution in [3.05, 3.63) is 53.6 Å². The van der Waals surface area contributed by atoms with E-state index in [1.165, 1.54) is 13.2 Å². The average Bonchev–Trinajstić information content (AvgIpc) is 2.57. The molecule has 0 aliphatic rings. The molecule has 0 bridgehead atoms. The smallest absolute Gasteiger partial charge is 1.00 e. The van der Waals surface area contributed by atoms with Gasteiger partial charge in [0, 0.05) is 25.5 Å². The van der Waals surface area contributed by atoms with Gasteiger partial charge in [-0.15, -0.1) is 5.75 Å². The van der Waals surface area contributed by atoms with Gasteiger partial charge in [-0.2, -0.15) is 0 Å². The molecule has 158 valence electrons. The summed E-state index contributed by atoms with van der Waals surface area (Å²) in [6.07, 6.45) is 3.89. The molecule has 0 saturated carbocycles.